The van der Waals surface area contributed by atoms with Crippen molar-refractivity contribution in [1.29, 1.82) is 0 Å². The molecule has 0 saturated heterocycles. The summed E-state index contributed by atoms with van der Waals surface area (Å²) in [5.41, 5.74) is 3.86. The molecule has 1 aliphatic rings. The van der Waals surface area contributed by atoms with E-state index in [-0.39, 0.29) is 18.2 Å². The maximum absolute atomic E-state index is 12.3. The van der Waals surface area contributed by atoms with Crippen LogP contribution in [-0.2, 0) is 16.0 Å². The number of aryl methyl sites for hydroxylation is 1. The van der Waals surface area contributed by atoms with E-state index in [4.69, 9.17) is 5.11 Å². The molecule has 23 heavy (non-hydrogen) atoms. The Hall–Kier alpha value is -2.62. The molecule has 0 bridgehead atoms. The Morgan fingerprint density at radius 3 is 2.57 bits per heavy atom. The summed E-state index contributed by atoms with van der Waals surface area (Å²) in [5, 5.41) is 11.7. The molecule has 0 spiro atoms. The Balaban J connectivity index is 1.59. The van der Waals surface area contributed by atoms with Gasteiger partial charge in [-0.3, -0.25) is 9.59 Å². The van der Waals surface area contributed by atoms with Gasteiger partial charge in [0.15, 0.2) is 0 Å². The van der Waals surface area contributed by atoms with Gasteiger partial charge in [0.1, 0.15) is 0 Å². The van der Waals surface area contributed by atoms with Crippen molar-refractivity contribution in [3.05, 3.63) is 65.2 Å². The molecule has 2 aromatic rings. The highest BCUT2D eigenvalue weighted by Gasteiger charge is 2.43. The van der Waals surface area contributed by atoms with E-state index in [1.165, 1.54) is 11.1 Å². The van der Waals surface area contributed by atoms with Crippen LogP contribution in [0.5, 0.6) is 0 Å². The minimum atomic E-state index is -0.860. The van der Waals surface area contributed by atoms with Gasteiger partial charge in [-0.25, -0.2) is 0 Å². The first kappa shape index (κ1) is 15.3. The summed E-state index contributed by atoms with van der Waals surface area (Å²) in [6.45, 7) is 2.06. The molecule has 1 amide bonds. The predicted molar refractivity (Wildman–Crippen MR) is 88.4 cm³/mol. The zero-order valence-corrected chi connectivity index (χ0v) is 13.0. The molecule has 3 rings (SSSR count). The second-order valence-electron chi connectivity index (χ2n) is 6.12. The van der Waals surface area contributed by atoms with Crippen LogP contribution in [0.25, 0.3) is 0 Å². The van der Waals surface area contributed by atoms with Crippen molar-refractivity contribution >= 4 is 17.6 Å². The van der Waals surface area contributed by atoms with E-state index < -0.39 is 5.97 Å². The molecule has 0 radical (unpaired) electrons. The minimum Gasteiger partial charge on any atom is -0.481 e. The van der Waals surface area contributed by atoms with Crippen LogP contribution in [0, 0.1) is 12.8 Å². The monoisotopic (exact) mass is 309 g/mol. The van der Waals surface area contributed by atoms with Gasteiger partial charge < -0.3 is 10.4 Å². The van der Waals surface area contributed by atoms with Crippen LogP contribution in [0.1, 0.15) is 29.0 Å². The molecule has 0 aliphatic heterocycles. The second kappa shape index (κ2) is 6.24. The van der Waals surface area contributed by atoms with Crippen molar-refractivity contribution in [1.82, 2.24) is 0 Å². The number of aliphatic carboxylic acids is 1. The number of carboxylic acid groups (broad SMARTS) is 1. The first-order chi connectivity index (χ1) is 11.0. The highest BCUT2D eigenvalue weighted by molar-refractivity contribution is 5.95. The molecular weight excluding hydrogens is 290 g/mol. The van der Waals surface area contributed by atoms with Crippen molar-refractivity contribution < 1.29 is 14.7 Å². The minimum absolute atomic E-state index is 0.00765. The Morgan fingerprint density at radius 2 is 1.91 bits per heavy atom. The lowest BCUT2D eigenvalue weighted by molar-refractivity contribution is -0.136. The number of carbonyl (C=O) groups excluding carboxylic acids is 1. The standard InChI is InChI=1S/C19H19NO3/c1-12-3-2-4-14(9-12)16-11-17(16)19(23)20-15-7-5-13(6-8-15)10-18(21)22/h2-9,16-17H,10-11H2,1H3,(H,20,23)(H,21,22)/t16-,17+/m0/s1. The fourth-order valence-corrected chi connectivity index (χ4v) is 2.87. The summed E-state index contributed by atoms with van der Waals surface area (Å²) in [7, 11) is 0. The molecule has 0 aromatic heterocycles. The van der Waals surface area contributed by atoms with Gasteiger partial charge in [-0.2, -0.15) is 0 Å². The number of amides is 1. The van der Waals surface area contributed by atoms with Gasteiger partial charge in [-0.1, -0.05) is 42.0 Å². The van der Waals surface area contributed by atoms with Crippen LogP contribution in [-0.4, -0.2) is 17.0 Å². The molecule has 4 nitrogen and oxygen atoms in total. The lowest BCUT2D eigenvalue weighted by atomic mass is 10.1. The molecular formula is C19H19NO3. The van der Waals surface area contributed by atoms with E-state index in [1.807, 2.05) is 6.07 Å². The van der Waals surface area contributed by atoms with Crippen LogP contribution in [0.2, 0.25) is 0 Å². The van der Waals surface area contributed by atoms with Crippen LogP contribution in [0.15, 0.2) is 48.5 Å². The van der Waals surface area contributed by atoms with Gasteiger partial charge in [0.2, 0.25) is 5.91 Å². The second-order valence-corrected chi connectivity index (χ2v) is 6.12. The number of rotatable bonds is 5. The van der Waals surface area contributed by atoms with Crippen LogP contribution >= 0.6 is 0 Å². The first-order valence-corrected chi connectivity index (χ1v) is 7.71. The third-order valence-corrected chi connectivity index (χ3v) is 4.17. The average Bonchev–Trinajstić information content (AvgIpc) is 3.29. The van der Waals surface area contributed by atoms with Crippen molar-refractivity contribution in [3.8, 4) is 0 Å². The molecule has 1 saturated carbocycles. The maximum atomic E-state index is 12.3. The zero-order valence-electron chi connectivity index (χ0n) is 13.0. The van der Waals surface area contributed by atoms with Crippen LogP contribution < -0.4 is 5.32 Å². The van der Waals surface area contributed by atoms with Gasteiger partial charge in [0, 0.05) is 11.6 Å². The third-order valence-electron chi connectivity index (χ3n) is 4.17. The lowest BCUT2D eigenvalue weighted by Gasteiger charge is -2.06. The van der Waals surface area contributed by atoms with E-state index >= 15 is 0 Å². The van der Waals surface area contributed by atoms with E-state index in [0.29, 0.717) is 11.6 Å². The molecule has 0 unspecified atom stereocenters. The molecule has 4 heteroatoms. The maximum Gasteiger partial charge on any atom is 0.307 e. The Kier molecular flexibility index (Phi) is 4.15. The molecule has 2 atom stereocenters. The van der Waals surface area contributed by atoms with E-state index in [1.54, 1.807) is 24.3 Å². The first-order valence-electron chi connectivity index (χ1n) is 7.71. The summed E-state index contributed by atoms with van der Waals surface area (Å²) < 4.78 is 0. The number of carbonyl (C=O) groups is 2. The normalized spacial score (nSPS) is 19.2. The predicted octanol–water partition coefficient (Wildman–Crippen LogP) is 3.36. The number of hydrogen-bond donors (Lipinski definition) is 2. The summed E-state index contributed by atoms with van der Waals surface area (Å²) >= 11 is 0. The van der Waals surface area contributed by atoms with Gasteiger partial charge in [-0.15, -0.1) is 0 Å². The molecule has 2 aromatic carbocycles. The van der Waals surface area contributed by atoms with Crippen molar-refractivity contribution in [2.75, 3.05) is 5.32 Å². The van der Waals surface area contributed by atoms with Gasteiger partial charge in [0.25, 0.3) is 0 Å². The van der Waals surface area contributed by atoms with Crippen LogP contribution in [0.3, 0.4) is 0 Å². The highest BCUT2D eigenvalue weighted by Crippen LogP contribution is 2.48. The molecule has 118 valence electrons. The average molecular weight is 309 g/mol. The fraction of sp³-hybridized carbons (Fsp3) is 0.263. The SMILES string of the molecule is Cc1cccc([C@@H]2C[C@H]2C(=O)Nc2ccc(CC(=O)O)cc2)c1. The molecule has 1 aliphatic carbocycles. The third kappa shape index (κ3) is 3.77. The number of anilines is 1. The Bertz CT molecular complexity index is 737. The zero-order chi connectivity index (χ0) is 16.4. The number of benzene rings is 2. The molecule has 1 fully saturated rings. The van der Waals surface area contributed by atoms with Gasteiger partial charge in [-0.05, 0) is 42.5 Å². The van der Waals surface area contributed by atoms with E-state index in [2.05, 4.69) is 30.4 Å². The molecule has 2 N–H and O–H groups in total. The van der Waals surface area contributed by atoms with Crippen molar-refractivity contribution in [3.63, 3.8) is 0 Å². The summed E-state index contributed by atoms with van der Waals surface area (Å²) in [6, 6.07) is 15.3. The number of hydrogen-bond acceptors (Lipinski definition) is 2. The lowest BCUT2D eigenvalue weighted by Crippen LogP contribution is -2.14. The highest BCUT2D eigenvalue weighted by atomic mass is 16.4. The number of carboxylic acids is 1. The smallest absolute Gasteiger partial charge is 0.307 e. The van der Waals surface area contributed by atoms with E-state index in [0.717, 1.165) is 12.0 Å². The summed E-state index contributed by atoms with van der Waals surface area (Å²) in [5.74, 6) is -0.500. The van der Waals surface area contributed by atoms with E-state index in [9.17, 15) is 9.59 Å². The fourth-order valence-electron chi connectivity index (χ4n) is 2.87. The van der Waals surface area contributed by atoms with Gasteiger partial charge in [0.05, 0.1) is 6.42 Å². The number of nitrogens with one attached hydrogen (secondary N) is 1. The Morgan fingerprint density at radius 1 is 1.17 bits per heavy atom. The Labute approximate surface area is 135 Å². The molecule has 0 heterocycles. The van der Waals surface area contributed by atoms with Crippen molar-refractivity contribution in [2.45, 2.75) is 25.7 Å². The largest absolute Gasteiger partial charge is 0.481 e. The van der Waals surface area contributed by atoms with Gasteiger partial charge >= 0.3 is 5.97 Å². The summed E-state index contributed by atoms with van der Waals surface area (Å²) in [6.07, 6.45) is 0.874. The quantitative estimate of drug-likeness (QED) is 0.890. The van der Waals surface area contributed by atoms with Crippen LogP contribution in [0.4, 0.5) is 5.69 Å². The topological polar surface area (TPSA) is 66.4 Å². The van der Waals surface area contributed by atoms with Crippen molar-refractivity contribution in [2.24, 2.45) is 5.92 Å². The summed E-state index contributed by atoms with van der Waals surface area (Å²) in [4.78, 5) is 23.0.